The number of carbonyl (C=O) groups is 1. The van der Waals surface area contributed by atoms with E-state index >= 15 is 0 Å². The van der Waals surface area contributed by atoms with Gasteiger partial charge in [-0.15, -0.1) is 0 Å². The molecule has 1 amide bonds. The fraction of sp³-hybridized carbons (Fsp3) is 0.333. The molecule has 7 nitrogen and oxygen atoms in total. The minimum absolute atomic E-state index is 0.0682. The van der Waals surface area contributed by atoms with Gasteiger partial charge in [-0.2, -0.15) is 5.10 Å². The van der Waals surface area contributed by atoms with Crippen LogP contribution < -0.4 is 10.9 Å². The van der Waals surface area contributed by atoms with E-state index in [4.69, 9.17) is 0 Å². The van der Waals surface area contributed by atoms with Gasteiger partial charge in [0.05, 0.1) is 18.2 Å². The normalized spacial score (nSPS) is 12.2. The first kappa shape index (κ1) is 16.9. The topological polar surface area (TPSA) is 81.8 Å². The van der Waals surface area contributed by atoms with E-state index in [1.54, 1.807) is 4.68 Å². The van der Waals surface area contributed by atoms with Crippen molar-refractivity contribution in [2.75, 3.05) is 0 Å². The summed E-state index contributed by atoms with van der Waals surface area (Å²) in [5.41, 5.74) is 1.16. The van der Waals surface area contributed by atoms with Crippen LogP contribution in [0.15, 0.2) is 47.7 Å². The Morgan fingerprint density at radius 3 is 2.76 bits per heavy atom. The minimum atomic E-state index is -0.191. The maximum atomic E-state index is 12.6. The molecule has 0 aliphatic carbocycles. The van der Waals surface area contributed by atoms with Crippen molar-refractivity contribution in [3.8, 4) is 5.69 Å². The van der Waals surface area contributed by atoms with Gasteiger partial charge in [-0.1, -0.05) is 25.1 Å². The number of amides is 1. The van der Waals surface area contributed by atoms with Crippen molar-refractivity contribution in [2.45, 2.75) is 39.3 Å². The average molecular weight is 339 g/mol. The van der Waals surface area contributed by atoms with Crippen LogP contribution >= 0.6 is 0 Å². The molecule has 1 aromatic carbocycles. The number of hydrogen-bond donors (Lipinski definition) is 1. The van der Waals surface area contributed by atoms with E-state index in [2.05, 4.69) is 15.4 Å². The van der Waals surface area contributed by atoms with Gasteiger partial charge in [0.25, 0.3) is 5.56 Å². The lowest BCUT2D eigenvalue weighted by atomic mass is 10.2. The van der Waals surface area contributed by atoms with Gasteiger partial charge in [0, 0.05) is 19.0 Å². The summed E-state index contributed by atoms with van der Waals surface area (Å²) in [6.45, 7) is 4.26. The number of rotatable bonds is 6. The van der Waals surface area contributed by atoms with E-state index in [0.717, 1.165) is 12.1 Å². The number of carbonyl (C=O) groups excluding carboxylic acids is 1. The molecule has 3 rings (SSSR count). The quantitative estimate of drug-likeness (QED) is 0.743. The van der Waals surface area contributed by atoms with E-state index in [-0.39, 0.29) is 23.9 Å². The Morgan fingerprint density at radius 1 is 1.28 bits per heavy atom. The van der Waals surface area contributed by atoms with Crippen molar-refractivity contribution < 1.29 is 4.79 Å². The molecule has 130 valence electrons. The molecule has 0 radical (unpaired) electrons. The monoisotopic (exact) mass is 339 g/mol. The molecule has 3 aromatic rings. The van der Waals surface area contributed by atoms with E-state index in [1.165, 1.54) is 17.1 Å². The fourth-order valence-corrected chi connectivity index (χ4v) is 2.54. The molecule has 0 spiro atoms. The largest absolute Gasteiger partial charge is 0.354 e. The zero-order valence-corrected chi connectivity index (χ0v) is 14.3. The van der Waals surface area contributed by atoms with Crippen LogP contribution in [-0.2, 0) is 11.3 Å². The zero-order valence-electron chi connectivity index (χ0n) is 14.3. The summed E-state index contributed by atoms with van der Waals surface area (Å²) in [6, 6.07) is 9.66. The number of para-hydroxylation sites is 1. The van der Waals surface area contributed by atoms with Crippen LogP contribution in [0.2, 0.25) is 0 Å². The maximum absolute atomic E-state index is 12.6. The predicted octanol–water partition coefficient (Wildman–Crippen LogP) is 1.89. The second kappa shape index (κ2) is 7.29. The number of aryl methyl sites for hydroxylation is 1. The molecule has 2 heterocycles. The Kier molecular flexibility index (Phi) is 4.92. The Bertz CT molecular complexity index is 930. The van der Waals surface area contributed by atoms with Gasteiger partial charge in [0.15, 0.2) is 5.65 Å². The zero-order chi connectivity index (χ0) is 17.8. The molecular weight excluding hydrogens is 318 g/mol. The molecule has 7 heteroatoms. The first-order valence-electron chi connectivity index (χ1n) is 8.38. The van der Waals surface area contributed by atoms with Crippen molar-refractivity contribution in [2.24, 2.45) is 0 Å². The SMILES string of the molecule is CCC(C)NC(=O)CCn1cnc2c(cnn2-c2ccccc2)c1=O. The standard InChI is InChI=1S/C18H21N5O2/c1-3-13(2)21-16(24)9-10-22-12-19-17-15(18(22)25)11-20-23(17)14-7-5-4-6-8-14/h4-8,11-13H,3,9-10H2,1-2H3,(H,21,24). The summed E-state index contributed by atoms with van der Waals surface area (Å²) in [7, 11) is 0. The number of hydrogen-bond acceptors (Lipinski definition) is 4. The van der Waals surface area contributed by atoms with Gasteiger partial charge in [0.1, 0.15) is 5.39 Å². The average Bonchev–Trinajstić information content (AvgIpc) is 3.06. The lowest BCUT2D eigenvalue weighted by Crippen LogP contribution is -2.33. The molecule has 0 fully saturated rings. The molecule has 1 atom stereocenters. The summed E-state index contributed by atoms with van der Waals surface area (Å²) < 4.78 is 3.09. The van der Waals surface area contributed by atoms with Gasteiger partial charge in [0.2, 0.25) is 5.91 Å². The first-order chi connectivity index (χ1) is 12.1. The Hall–Kier alpha value is -2.96. The molecule has 1 N–H and O–H groups in total. The molecule has 0 bridgehead atoms. The van der Waals surface area contributed by atoms with Crippen LogP contribution in [0.1, 0.15) is 26.7 Å². The lowest BCUT2D eigenvalue weighted by molar-refractivity contribution is -0.121. The third kappa shape index (κ3) is 3.60. The summed E-state index contributed by atoms with van der Waals surface area (Å²) >= 11 is 0. The van der Waals surface area contributed by atoms with Crippen molar-refractivity contribution in [3.63, 3.8) is 0 Å². The molecular formula is C18H21N5O2. The lowest BCUT2D eigenvalue weighted by Gasteiger charge is -2.11. The van der Waals surface area contributed by atoms with E-state index in [1.807, 2.05) is 44.2 Å². The predicted molar refractivity (Wildman–Crippen MR) is 95.6 cm³/mol. The van der Waals surface area contributed by atoms with Gasteiger partial charge in [-0.3, -0.25) is 14.2 Å². The Labute approximate surface area is 145 Å². The van der Waals surface area contributed by atoms with Gasteiger partial charge in [-0.25, -0.2) is 9.67 Å². The summed E-state index contributed by atoms with van der Waals surface area (Å²) in [6.07, 6.45) is 4.11. The highest BCUT2D eigenvalue weighted by atomic mass is 16.2. The van der Waals surface area contributed by atoms with Crippen molar-refractivity contribution >= 4 is 16.9 Å². The van der Waals surface area contributed by atoms with Gasteiger partial charge >= 0.3 is 0 Å². The van der Waals surface area contributed by atoms with Crippen molar-refractivity contribution in [1.82, 2.24) is 24.6 Å². The van der Waals surface area contributed by atoms with Gasteiger partial charge in [-0.05, 0) is 25.5 Å². The molecule has 0 aliphatic rings. The molecule has 0 aliphatic heterocycles. The molecule has 1 unspecified atom stereocenters. The van der Waals surface area contributed by atoms with Crippen molar-refractivity contribution in [1.29, 1.82) is 0 Å². The highest BCUT2D eigenvalue weighted by Crippen LogP contribution is 2.12. The third-order valence-corrected chi connectivity index (χ3v) is 4.15. The Morgan fingerprint density at radius 2 is 2.04 bits per heavy atom. The maximum Gasteiger partial charge on any atom is 0.264 e. The second-order valence-electron chi connectivity index (χ2n) is 6.00. The van der Waals surface area contributed by atoms with Crippen molar-refractivity contribution in [3.05, 3.63) is 53.2 Å². The third-order valence-electron chi connectivity index (χ3n) is 4.15. The first-order valence-corrected chi connectivity index (χ1v) is 8.38. The molecule has 0 saturated carbocycles. The van der Waals surface area contributed by atoms with Crippen LogP contribution in [0.5, 0.6) is 0 Å². The van der Waals surface area contributed by atoms with E-state index in [9.17, 15) is 9.59 Å². The summed E-state index contributed by atoms with van der Waals surface area (Å²) in [5, 5.41) is 7.60. The molecule has 0 saturated heterocycles. The van der Waals surface area contributed by atoms with Crippen LogP contribution in [0.25, 0.3) is 16.7 Å². The van der Waals surface area contributed by atoms with E-state index < -0.39 is 0 Å². The molecule has 25 heavy (non-hydrogen) atoms. The van der Waals surface area contributed by atoms with Crippen LogP contribution in [0, 0.1) is 0 Å². The van der Waals surface area contributed by atoms with Crippen LogP contribution in [-0.4, -0.2) is 31.3 Å². The number of nitrogens with zero attached hydrogens (tertiary/aromatic N) is 4. The van der Waals surface area contributed by atoms with E-state index in [0.29, 0.717) is 17.6 Å². The number of benzene rings is 1. The van der Waals surface area contributed by atoms with Crippen LogP contribution in [0.3, 0.4) is 0 Å². The number of aromatic nitrogens is 4. The summed E-state index contributed by atoms with van der Waals surface area (Å²) in [4.78, 5) is 28.9. The number of fused-ring (bicyclic) bond motifs is 1. The second-order valence-corrected chi connectivity index (χ2v) is 6.00. The minimum Gasteiger partial charge on any atom is -0.354 e. The Balaban J connectivity index is 1.82. The number of nitrogens with one attached hydrogen (secondary N) is 1. The fourth-order valence-electron chi connectivity index (χ4n) is 2.54. The highest BCUT2D eigenvalue weighted by molar-refractivity contribution is 5.76. The molecule has 2 aromatic heterocycles. The smallest absolute Gasteiger partial charge is 0.264 e. The summed E-state index contributed by atoms with van der Waals surface area (Å²) in [5.74, 6) is -0.0682. The highest BCUT2D eigenvalue weighted by Gasteiger charge is 2.12. The van der Waals surface area contributed by atoms with Gasteiger partial charge < -0.3 is 5.32 Å². The van der Waals surface area contributed by atoms with Crippen LogP contribution in [0.4, 0.5) is 0 Å².